The van der Waals surface area contributed by atoms with Gasteiger partial charge in [-0.3, -0.25) is 9.59 Å². The topological polar surface area (TPSA) is 78.6 Å². The Hall–Kier alpha value is -3.32. The molecule has 2 N–H and O–H groups in total. The molecule has 0 saturated carbocycles. The average molecular weight is 452 g/mol. The minimum Gasteiger partial charge on any atom is -0.492 e. The molecule has 1 amide bonds. The van der Waals surface area contributed by atoms with Crippen LogP contribution in [-0.4, -0.2) is 24.6 Å². The monoisotopic (exact) mass is 451 g/mol. The molecule has 0 radical (unpaired) electrons. The number of ketones is 1. The second-order valence-electron chi connectivity index (χ2n) is 7.47. The number of carbonyl (C=O) groups is 2. The molecule has 1 unspecified atom stereocenters. The molecule has 1 aliphatic heterocycles. The van der Waals surface area contributed by atoms with Crippen molar-refractivity contribution in [2.24, 2.45) is 5.73 Å². The van der Waals surface area contributed by atoms with E-state index in [0.29, 0.717) is 16.9 Å². The highest BCUT2D eigenvalue weighted by Crippen LogP contribution is 2.40. The molecule has 0 spiro atoms. The summed E-state index contributed by atoms with van der Waals surface area (Å²) in [5, 5.41) is 0. The van der Waals surface area contributed by atoms with E-state index in [-0.39, 0.29) is 30.1 Å². The van der Waals surface area contributed by atoms with E-state index in [1.807, 2.05) is 30.5 Å². The molecule has 4 rings (SSSR count). The van der Waals surface area contributed by atoms with Crippen LogP contribution < -0.4 is 15.2 Å². The van der Waals surface area contributed by atoms with Crippen LogP contribution in [0.5, 0.6) is 11.5 Å². The van der Waals surface area contributed by atoms with E-state index in [2.05, 4.69) is 0 Å². The minimum atomic E-state index is -0.654. The van der Waals surface area contributed by atoms with Gasteiger partial charge in [0.2, 0.25) is 5.91 Å². The van der Waals surface area contributed by atoms with Gasteiger partial charge in [-0.25, -0.2) is 4.39 Å². The third-order valence-corrected chi connectivity index (χ3v) is 6.19. The van der Waals surface area contributed by atoms with E-state index in [9.17, 15) is 9.59 Å². The number of benzene rings is 3. The fraction of sp³-hybridized carbons (Fsp3) is 0.200. The highest BCUT2D eigenvalue weighted by Gasteiger charge is 2.28. The van der Waals surface area contributed by atoms with Crippen molar-refractivity contribution >= 4 is 23.5 Å². The smallest absolute Gasteiger partial charge is 0.248 e. The molecule has 0 aliphatic carbocycles. The normalized spacial score (nSPS) is 13.8. The van der Waals surface area contributed by atoms with Crippen LogP contribution in [0, 0.1) is 12.7 Å². The molecule has 7 heteroatoms. The van der Waals surface area contributed by atoms with Crippen LogP contribution >= 0.6 is 11.8 Å². The number of halogens is 1. The van der Waals surface area contributed by atoms with E-state index in [0.717, 1.165) is 16.0 Å². The number of primary amides is 1. The summed E-state index contributed by atoms with van der Waals surface area (Å²) in [5.41, 5.74) is 7.94. The molecule has 164 valence electrons. The lowest BCUT2D eigenvalue weighted by Crippen LogP contribution is -2.18. The number of nitrogens with two attached hydrogens (primary N) is 1. The van der Waals surface area contributed by atoms with Gasteiger partial charge in [-0.1, -0.05) is 24.3 Å². The lowest BCUT2D eigenvalue weighted by Gasteiger charge is -2.25. The Morgan fingerprint density at radius 1 is 1.12 bits per heavy atom. The number of fused-ring (bicyclic) bond motifs is 1. The summed E-state index contributed by atoms with van der Waals surface area (Å²) in [6.07, 6.45) is 1.56. The zero-order chi connectivity index (χ0) is 22.8. The van der Waals surface area contributed by atoms with Crippen molar-refractivity contribution in [2.45, 2.75) is 24.3 Å². The van der Waals surface area contributed by atoms with Crippen LogP contribution in [0.4, 0.5) is 4.39 Å². The van der Waals surface area contributed by atoms with Gasteiger partial charge in [-0.2, -0.15) is 0 Å². The third kappa shape index (κ3) is 4.21. The molecule has 5 nitrogen and oxygen atoms in total. The van der Waals surface area contributed by atoms with Crippen molar-refractivity contribution in [2.75, 3.05) is 12.9 Å². The Morgan fingerprint density at radius 3 is 2.34 bits per heavy atom. The molecular formula is C25H22FNO4S. The number of carbonyl (C=O) groups excluding carboxylic acids is 2. The number of hydrogen-bond donors (Lipinski definition) is 1. The van der Waals surface area contributed by atoms with E-state index in [1.54, 1.807) is 43.0 Å². The molecule has 1 atom stereocenters. The maximum Gasteiger partial charge on any atom is 0.248 e. The molecule has 0 bridgehead atoms. The third-order valence-electron chi connectivity index (χ3n) is 5.44. The zero-order valence-electron chi connectivity index (χ0n) is 17.7. The summed E-state index contributed by atoms with van der Waals surface area (Å²) in [5.74, 6) is -0.919. The quantitative estimate of drug-likeness (QED) is 0.528. The van der Waals surface area contributed by atoms with Crippen molar-refractivity contribution in [3.8, 4) is 11.5 Å². The van der Waals surface area contributed by atoms with Crippen molar-refractivity contribution in [3.63, 3.8) is 0 Å². The van der Waals surface area contributed by atoms with Gasteiger partial charge >= 0.3 is 0 Å². The molecule has 0 aromatic heterocycles. The van der Waals surface area contributed by atoms with Crippen LogP contribution in [0.2, 0.25) is 0 Å². The Balaban J connectivity index is 1.78. The Bertz CT molecular complexity index is 1180. The number of hydrogen-bond acceptors (Lipinski definition) is 5. The highest BCUT2D eigenvalue weighted by atomic mass is 32.2. The number of thioether (sulfide) groups is 1. The number of amides is 1. The van der Waals surface area contributed by atoms with Crippen LogP contribution in [-0.2, 0) is 0 Å². The van der Waals surface area contributed by atoms with Crippen LogP contribution in [0.1, 0.15) is 49.9 Å². The maximum atomic E-state index is 15.1. The fourth-order valence-electron chi connectivity index (χ4n) is 3.71. The Morgan fingerprint density at radius 2 is 1.75 bits per heavy atom. The van der Waals surface area contributed by atoms with Gasteiger partial charge in [0.25, 0.3) is 0 Å². The van der Waals surface area contributed by atoms with E-state index >= 15 is 4.39 Å². The Kier molecular flexibility index (Phi) is 6.19. The number of Topliss-reactive ketones (excluding diaryl/α,β-unsaturated/α-hetero) is 1. The van der Waals surface area contributed by atoms with Gasteiger partial charge in [-0.05, 0) is 54.6 Å². The molecule has 3 aromatic rings. The number of ether oxygens (including phenoxy) is 2. The summed E-state index contributed by atoms with van der Waals surface area (Å²) in [4.78, 5) is 24.7. The molecule has 3 aromatic carbocycles. The largest absolute Gasteiger partial charge is 0.492 e. The molecular weight excluding hydrogens is 429 g/mol. The van der Waals surface area contributed by atoms with Crippen molar-refractivity contribution < 1.29 is 23.5 Å². The molecule has 1 aliphatic rings. The van der Waals surface area contributed by atoms with Gasteiger partial charge in [0.15, 0.2) is 17.3 Å². The summed E-state index contributed by atoms with van der Waals surface area (Å²) in [6, 6.07) is 15.7. The number of rotatable bonds is 6. The second-order valence-corrected chi connectivity index (χ2v) is 8.35. The molecule has 32 heavy (non-hydrogen) atoms. The van der Waals surface area contributed by atoms with E-state index < -0.39 is 17.8 Å². The first kappa shape index (κ1) is 21.9. The first-order valence-corrected chi connectivity index (χ1v) is 11.3. The van der Waals surface area contributed by atoms with Crippen LogP contribution in [0.25, 0.3) is 0 Å². The fourth-order valence-corrected chi connectivity index (χ4v) is 4.12. The van der Waals surface area contributed by atoms with Crippen LogP contribution in [0.3, 0.4) is 0 Å². The van der Waals surface area contributed by atoms with Crippen molar-refractivity contribution in [1.82, 2.24) is 0 Å². The predicted octanol–water partition coefficient (Wildman–Crippen LogP) is 5.09. The molecule has 1 heterocycles. The van der Waals surface area contributed by atoms with Gasteiger partial charge in [-0.15, -0.1) is 11.8 Å². The lowest BCUT2D eigenvalue weighted by molar-refractivity contribution is 0.0930. The first-order chi connectivity index (χ1) is 15.4. The lowest BCUT2D eigenvalue weighted by atomic mass is 9.98. The first-order valence-electron chi connectivity index (χ1n) is 10.1. The highest BCUT2D eigenvalue weighted by molar-refractivity contribution is 7.98. The SMILES string of the molecule is CSc1ccc(C(Oc2c(F)cc3c(c2C)OCCC3=O)c2ccc(C(N)=O)cc2)cc1. The van der Waals surface area contributed by atoms with Gasteiger partial charge < -0.3 is 15.2 Å². The zero-order valence-corrected chi connectivity index (χ0v) is 18.5. The summed E-state index contributed by atoms with van der Waals surface area (Å²) in [6.45, 7) is 1.94. The second kappa shape index (κ2) is 9.04. The molecule has 0 fully saturated rings. The summed E-state index contributed by atoms with van der Waals surface area (Å²) >= 11 is 1.61. The minimum absolute atomic E-state index is 0.0244. The maximum absolute atomic E-state index is 15.1. The molecule has 0 saturated heterocycles. The van der Waals surface area contributed by atoms with E-state index in [4.69, 9.17) is 15.2 Å². The summed E-state index contributed by atoms with van der Waals surface area (Å²) in [7, 11) is 0. The average Bonchev–Trinajstić information content (AvgIpc) is 2.80. The standard InChI is InChI=1S/C25H22FNO4S/c1-14-22-19(21(28)11-12-30-22)13-20(26)23(14)31-24(16-7-9-18(32-2)10-8-16)15-3-5-17(6-4-15)25(27)29/h3-10,13,24H,11-12H2,1-2H3,(H2,27,29). The van der Waals surface area contributed by atoms with Gasteiger partial charge in [0.1, 0.15) is 11.9 Å². The van der Waals surface area contributed by atoms with Crippen molar-refractivity contribution in [3.05, 3.63) is 88.2 Å². The van der Waals surface area contributed by atoms with Crippen LogP contribution in [0.15, 0.2) is 59.5 Å². The van der Waals surface area contributed by atoms with Crippen molar-refractivity contribution in [1.29, 1.82) is 0 Å². The predicted molar refractivity (Wildman–Crippen MR) is 121 cm³/mol. The summed E-state index contributed by atoms with van der Waals surface area (Å²) < 4.78 is 27.0. The van der Waals surface area contributed by atoms with Gasteiger partial charge in [0, 0.05) is 22.4 Å². The van der Waals surface area contributed by atoms with Gasteiger partial charge in [0.05, 0.1) is 12.2 Å². The van der Waals surface area contributed by atoms with E-state index in [1.165, 1.54) is 6.07 Å². The Labute approximate surface area is 189 Å².